The molecule has 0 radical (unpaired) electrons. The Balaban J connectivity index is 1.38. The van der Waals surface area contributed by atoms with E-state index in [4.69, 9.17) is 10.00 Å². The molecule has 4 heteroatoms. The number of nitrogens with zero attached hydrogens (tertiary/aromatic N) is 1. The third-order valence-electron chi connectivity index (χ3n) is 7.08. The van der Waals surface area contributed by atoms with E-state index >= 15 is 0 Å². The fourth-order valence-corrected chi connectivity index (χ4v) is 8.79. The Morgan fingerprint density at radius 3 is 2.29 bits per heavy atom. The van der Waals surface area contributed by atoms with Crippen LogP contribution in [0, 0.1) is 29.1 Å². The van der Waals surface area contributed by atoms with Crippen molar-refractivity contribution in [2.75, 3.05) is 0 Å². The molecule has 0 bridgehead atoms. The average molecular weight is 398 g/mol. The van der Waals surface area contributed by atoms with E-state index in [2.05, 4.69) is 13.0 Å². The molecule has 0 N–H and O–H groups in total. The van der Waals surface area contributed by atoms with E-state index in [0.29, 0.717) is 11.3 Å². The predicted molar refractivity (Wildman–Crippen MR) is 116 cm³/mol. The van der Waals surface area contributed by atoms with Gasteiger partial charge < -0.3 is 4.74 Å². The SMILES string of the molecule is CCCCC[SiH]1CCC(C2CCC(C(=O)Oc3ccc(C#N)cc3)CC2)CC1. The number of hydrogen-bond acceptors (Lipinski definition) is 3. The van der Waals surface area contributed by atoms with Crippen molar-refractivity contribution in [3.63, 3.8) is 0 Å². The molecule has 28 heavy (non-hydrogen) atoms. The molecule has 3 rings (SSSR count). The molecular weight excluding hydrogens is 362 g/mol. The zero-order valence-corrected chi connectivity index (χ0v) is 18.5. The predicted octanol–water partition coefficient (Wildman–Crippen LogP) is 6.10. The zero-order chi connectivity index (χ0) is 19.8. The summed E-state index contributed by atoms with van der Waals surface area (Å²) in [5.74, 6) is 2.27. The zero-order valence-electron chi connectivity index (χ0n) is 17.4. The second-order valence-electron chi connectivity index (χ2n) is 8.95. The van der Waals surface area contributed by atoms with Gasteiger partial charge in [0.05, 0.1) is 17.6 Å². The van der Waals surface area contributed by atoms with Crippen molar-refractivity contribution in [3.05, 3.63) is 29.8 Å². The summed E-state index contributed by atoms with van der Waals surface area (Å²) in [6.45, 7) is 2.30. The fourth-order valence-electron chi connectivity index (χ4n) is 5.25. The van der Waals surface area contributed by atoms with Crippen LogP contribution in [0.15, 0.2) is 24.3 Å². The molecule has 0 unspecified atom stereocenters. The lowest BCUT2D eigenvalue weighted by Gasteiger charge is -2.37. The molecule has 0 atom stereocenters. The highest BCUT2D eigenvalue weighted by Gasteiger charge is 2.33. The van der Waals surface area contributed by atoms with E-state index in [1.54, 1.807) is 42.4 Å². The van der Waals surface area contributed by atoms with Gasteiger partial charge in [0, 0.05) is 8.80 Å². The minimum Gasteiger partial charge on any atom is -0.426 e. The summed E-state index contributed by atoms with van der Waals surface area (Å²) in [5.41, 5.74) is 0.587. The van der Waals surface area contributed by atoms with Gasteiger partial charge in [-0.05, 0) is 61.8 Å². The normalized spacial score (nSPS) is 27.7. The average Bonchev–Trinajstić information content (AvgIpc) is 2.75. The van der Waals surface area contributed by atoms with Gasteiger partial charge in [0.25, 0.3) is 0 Å². The Kier molecular flexibility index (Phi) is 8.15. The van der Waals surface area contributed by atoms with Gasteiger partial charge in [-0.25, -0.2) is 0 Å². The van der Waals surface area contributed by atoms with E-state index < -0.39 is 8.80 Å². The van der Waals surface area contributed by atoms with Crippen molar-refractivity contribution < 1.29 is 9.53 Å². The number of ether oxygens (including phenoxy) is 1. The molecule has 2 aliphatic rings. The topological polar surface area (TPSA) is 50.1 Å². The first-order valence-electron chi connectivity index (χ1n) is 11.4. The van der Waals surface area contributed by atoms with Crippen LogP contribution in [-0.4, -0.2) is 14.8 Å². The molecule has 2 fully saturated rings. The third-order valence-corrected chi connectivity index (χ3v) is 10.6. The Hall–Kier alpha value is -1.60. The van der Waals surface area contributed by atoms with E-state index in [1.165, 1.54) is 44.9 Å². The van der Waals surface area contributed by atoms with Crippen LogP contribution in [0.25, 0.3) is 0 Å². The third kappa shape index (κ3) is 5.94. The molecule has 1 aromatic carbocycles. The Labute approximate surface area is 172 Å². The molecule has 1 saturated heterocycles. The second kappa shape index (κ2) is 10.8. The molecule has 1 aliphatic heterocycles. The Bertz CT molecular complexity index is 650. The molecule has 1 aromatic rings. The number of benzene rings is 1. The monoisotopic (exact) mass is 397 g/mol. The van der Waals surface area contributed by atoms with Gasteiger partial charge in [-0.2, -0.15) is 5.26 Å². The van der Waals surface area contributed by atoms with Gasteiger partial charge in [0.2, 0.25) is 0 Å². The number of hydrogen-bond donors (Lipinski definition) is 0. The van der Waals surface area contributed by atoms with Crippen LogP contribution >= 0.6 is 0 Å². The molecule has 0 amide bonds. The van der Waals surface area contributed by atoms with Crippen molar-refractivity contribution in [2.45, 2.75) is 82.8 Å². The number of unbranched alkanes of at least 4 members (excludes halogenated alkanes) is 2. The molecule has 1 aliphatic carbocycles. The Morgan fingerprint density at radius 1 is 1.04 bits per heavy atom. The Morgan fingerprint density at radius 2 is 1.68 bits per heavy atom. The van der Waals surface area contributed by atoms with Gasteiger partial charge in [-0.1, -0.05) is 57.2 Å². The van der Waals surface area contributed by atoms with E-state index in [0.717, 1.165) is 24.7 Å². The number of rotatable bonds is 7. The smallest absolute Gasteiger partial charge is 0.314 e. The minimum atomic E-state index is -0.420. The lowest BCUT2D eigenvalue weighted by Crippen LogP contribution is -2.31. The maximum Gasteiger partial charge on any atom is 0.314 e. The molecule has 0 aromatic heterocycles. The summed E-state index contributed by atoms with van der Waals surface area (Å²) in [7, 11) is -0.420. The van der Waals surface area contributed by atoms with Crippen LogP contribution in [0.2, 0.25) is 18.1 Å². The maximum absolute atomic E-state index is 12.5. The van der Waals surface area contributed by atoms with E-state index in [9.17, 15) is 4.79 Å². The largest absolute Gasteiger partial charge is 0.426 e. The highest BCUT2D eigenvalue weighted by atomic mass is 28.3. The molecule has 3 nitrogen and oxygen atoms in total. The van der Waals surface area contributed by atoms with Crippen LogP contribution in [0.4, 0.5) is 0 Å². The van der Waals surface area contributed by atoms with Crippen LogP contribution in [0.3, 0.4) is 0 Å². The summed E-state index contributed by atoms with van der Waals surface area (Å²) in [5, 5.41) is 8.85. The van der Waals surface area contributed by atoms with Crippen LogP contribution in [0.5, 0.6) is 5.75 Å². The van der Waals surface area contributed by atoms with Crippen molar-refractivity contribution >= 4 is 14.8 Å². The van der Waals surface area contributed by atoms with Crippen molar-refractivity contribution in [3.8, 4) is 11.8 Å². The first-order chi connectivity index (χ1) is 13.7. The first kappa shape index (κ1) is 21.1. The quantitative estimate of drug-likeness (QED) is 0.242. The summed E-state index contributed by atoms with van der Waals surface area (Å²) < 4.78 is 5.55. The lowest BCUT2D eigenvalue weighted by molar-refractivity contribution is -0.140. The second-order valence-corrected chi connectivity index (χ2v) is 12.4. The summed E-state index contributed by atoms with van der Waals surface area (Å²) in [4.78, 5) is 12.5. The van der Waals surface area contributed by atoms with Gasteiger partial charge in [-0.3, -0.25) is 4.79 Å². The summed E-state index contributed by atoms with van der Waals surface area (Å²) >= 11 is 0. The van der Waals surface area contributed by atoms with Gasteiger partial charge in [-0.15, -0.1) is 0 Å². The standard InChI is InChI=1S/C24H35NO2Si/c1-2-3-4-15-28-16-13-21(14-17-28)20-7-9-22(10-8-20)24(26)27-23-11-5-19(18-25)6-12-23/h5-6,11-12,20-22,28H,2-4,7-10,13-17H2,1H3. The maximum atomic E-state index is 12.5. The minimum absolute atomic E-state index is 0.0478. The fraction of sp³-hybridized carbons (Fsp3) is 0.667. The highest BCUT2D eigenvalue weighted by molar-refractivity contribution is 6.58. The number of nitriles is 1. The van der Waals surface area contributed by atoms with Crippen molar-refractivity contribution in [1.82, 2.24) is 0 Å². The van der Waals surface area contributed by atoms with E-state index in [1.807, 2.05) is 0 Å². The van der Waals surface area contributed by atoms with Gasteiger partial charge >= 0.3 is 5.97 Å². The van der Waals surface area contributed by atoms with Crippen LogP contribution < -0.4 is 4.74 Å². The van der Waals surface area contributed by atoms with Crippen LogP contribution in [0.1, 0.15) is 70.3 Å². The van der Waals surface area contributed by atoms with Gasteiger partial charge in [0.15, 0.2) is 0 Å². The highest BCUT2D eigenvalue weighted by Crippen LogP contribution is 2.41. The number of carbonyl (C=O) groups is 1. The van der Waals surface area contributed by atoms with Gasteiger partial charge in [0.1, 0.15) is 5.75 Å². The molecule has 152 valence electrons. The van der Waals surface area contributed by atoms with Crippen LogP contribution in [-0.2, 0) is 4.79 Å². The van der Waals surface area contributed by atoms with Crippen molar-refractivity contribution in [2.24, 2.45) is 17.8 Å². The first-order valence-corrected chi connectivity index (χ1v) is 13.9. The molecule has 1 heterocycles. The summed E-state index contributed by atoms with van der Waals surface area (Å²) in [6, 6.07) is 13.6. The van der Waals surface area contributed by atoms with Crippen molar-refractivity contribution in [1.29, 1.82) is 5.26 Å². The van der Waals surface area contributed by atoms with E-state index in [-0.39, 0.29) is 11.9 Å². The number of esters is 1. The molecular formula is C24H35NO2Si. The lowest BCUT2D eigenvalue weighted by atomic mass is 9.74. The molecule has 0 spiro atoms. The number of carbonyl (C=O) groups excluding carboxylic acids is 1. The summed E-state index contributed by atoms with van der Waals surface area (Å²) in [6.07, 6.45) is 11.5. The molecule has 1 saturated carbocycles.